The van der Waals surface area contributed by atoms with E-state index >= 15 is 0 Å². The summed E-state index contributed by atoms with van der Waals surface area (Å²) in [6, 6.07) is 12.8. The van der Waals surface area contributed by atoms with Crippen LogP contribution in [0.3, 0.4) is 0 Å². The van der Waals surface area contributed by atoms with Gasteiger partial charge < -0.3 is 10.1 Å². The number of ether oxygens (including phenoxy) is 1. The first-order chi connectivity index (χ1) is 14.8. The third-order valence-electron chi connectivity index (χ3n) is 4.89. The number of hydrogen-bond acceptors (Lipinski definition) is 6. The lowest BCUT2D eigenvalue weighted by atomic mass is 10.1. The van der Waals surface area contributed by atoms with E-state index in [1.807, 2.05) is 32.0 Å². The summed E-state index contributed by atoms with van der Waals surface area (Å²) < 4.78 is 6.13. The summed E-state index contributed by atoms with van der Waals surface area (Å²) in [4.78, 5) is 42.1. The summed E-state index contributed by atoms with van der Waals surface area (Å²) in [5.41, 5.74) is 3.14. The molecule has 0 saturated carbocycles. The molecular formula is C23H25N3O4S. The van der Waals surface area contributed by atoms with Gasteiger partial charge in [-0.2, -0.15) is 0 Å². The number of aromatic nitrogens is 2. The maximum absolute atomic E-state index is 13.0. The molecule has 1 unspecified atom stereocenters. The van der Waals surface area contributed by atoms with Gasteiger partial charge in [-0.05, 0) is 44.5 Å². The van der Waals surface area contributed by atoms with E-state index in [1.165, 1.54) is 23.4 Å². The van der Waals surface area contributed by atoms with Crippen LogP contribution in [0, 0.1) is 13.8 Å². The number of thioether (sulfide) groups is 1. The zero-order valence-corrected chi connectivity index (χ0v) is 18.8. The molecule has 162 valence electrons. The summed E-state index contributed by atoms with van der Waals surface area (Å²) in [6.07, 6.45) is 0.0348. The molecule has 1 aromatic heterocycles. The SMILES string of the molecule is COC(=O)CCn1c(SC(C)C(=O)Nc2ccc(C)cc2C)nc2ccccc2c1=O. The number of aryl methyl sites for hydroxylation is 2. The van der Waals surface area contributed by atoms with Crippen LogP contribution in [0.1, 0.15) is 24.5 Å². The molecule has 0 bridgehead atoms. The predicted molar refractivity (Wildman–Crippen MR) is 123 cm³/mol. The van der Waals surface area contributed by atoms with E-state index in [0.717, 1.165) is 16.8 Å². The molecule has 7 nitrogen and oxygen atoms in total. The molecule has 0 spiro atoms. The molecule has 0 aliphatic rings. The standard InChI is InChI=1S/C23H25N3O4S/c1-14-9-10-18(15(2)13-14)24-21(28)16(3)31-23-25-19-8-6-5-7-17(19)22(29)26(23)12-11-20(27)30-4/h5-10,13,16H,11-12H2,1-4H3,(H,24,28). The average molecular weight is 440 g/mol. The van der Waals surface area contributed by atoms with Crippen LogP contribution >= 0.6 is 11.8 Å². The minimum Gasteiger partial charge on any atom is -0.469 e. The summed E-state index contributed by atoms with van der Waals surface area (Å²) >= 11 is 1.18. The van der Waals surface area contributed by atoms with Crippen molar-refractivity contribution >= 4 is 40.2 Å². The van der Waals surface area contributed by atoms with E-state index in [1.54, 1.807) is 31.2 Å². The quantitative estimate of drug-likeness (QED) is 0.343. The molecule has 3 rings (SSSR count). The van der Waals surface area contributed by atoms with Crippen molar-refractivity contribution in [2.75, 3.05) is 12.4 Å². The van der Waals surface area contributed by atoms with E-state index in [9.17, 15) is 14.4 Å². The monoisotopic (exact) mass is 439 g/mol. The molecule has 0 fully saturated rings. The van der Waals surface area contributed by atoms with Gasteiger partial charge in [0, 0.05) is 12.2 Å². The van der Waals surface area contributed by atoms with Crippen LogP contribution in [-0.4, -0.2) is 33.8 Å². The highest BCUT2D eigenvalue weighted by Crippen LogP contribution is 2.25. The smallest absolute Gasteiger partial charge is 0.307 e. The number of carbonyl (C=O) groups is 2. The molecule has 0 saturated heterocycles. The van der Waals surface area contributed by atoms with E-state index in [-0.39, 0.29) is 24.4 Å². The van der Waals surface area contributed by atoms with Crippen LogP contribution in [0.4, 0.5) is 5.69 Å². The zero-order chi connectivity index (χ0) is 22.5. The molecule has 2 aromatic carbocycles. The summed E-state index contributed by atoms with van der Waals surface area (Å²) in [5.74, 6) is -0.615. The van der Waals surface area contributed by atoms with Crippen molar-refractivity contribution in [3.05, 3.63) is 63.9 Å². The number of nitrogens with one attached hydrogen (secondary N) is 1. The normalized spacial score (nSPS) is 11.9. The van der Waals surface area contributed by atoms with Crippen LogP contribution in [0.5, 0.6) is 0 Å². The fraction of sp³-hybridized carbons (Fsp3) is 0.304. The zero-order valence-electron chi connectivity index (χ0n) is 18.0. The number of para-hydroxylation sites is 1. The highest BCUT2D eigenvalue weighted by molar-refractivity contribution is 8.00. The van der Waals surface area contributed by atoms with Gasteiger partial charge >= 0.3 is 5.97 Å². The highest BCUT2D eigenvalue weighted by Gasteiger charge is 2.20. The summed E-state index contributed by atoms with van der Waals surface area (Å²) in [6.45, 7) is 5.82. The van der Waals surface area contributed by atoms with Crippen molar-refractivity contribution in [3.63, 3.8) is 0 Å². The molecule has 0 radical (unpaired) electrons. The number of carbonyl (C=O) groups excluding carboxylic acids is 2. The van der Waals surface area contributed by atoms with Crippen molar-refractivity contribution in [3.8, 4) is 0 Å². The van der Waals surface area contributed by atoms with Crippen molar-refractivity contribution < 1.29 is 14.3 Å². The number of fused-ring (bicyclic) bond motifs is 1. The first-order valence-electron chi connectivity index (χ1n) is 9.91. The Labute approximate surface area is 184 Å². The van der Waals surface area contributed by atoms with Gasteiger partial charge in [-0.1, -0.05) is 41.6 Å². The van der Waals surface area contributed by atoms with Gasteiger partial charge in [0.1, 0.15) is 0 Å². The molecular weight excluding hydrogens is 414 g/mol. The Balaban J connectivity index is 1.88. The molecule has 1 heterocycles. The van der Waals surface area contributed by atoms with Crippen LogP contribution in [-0.2, 0) is 20.9 Å². The Bertz CT molecular complexity index is 1190. The summed E-state index contributed by atoms with van der Waals surface area (Å²) in [5, 5.41) is 3.27. The Hall–Kier alpha value is -3.13. The first kappa shape index (κ1) is 22.6. The number of anilines is 1. The largest absolute Gasteiger partial charge is 0.469 e. The fourth-order valence-electron chi connectivity index (χ4n) is 3.14. The second kappa shape index (κ2) is 9.78. The predicted octanol–water partition coefficient (Wildman–Crippen LogP) is 3.70. The topological polar surface area (TPSA) is 90.3 Å². The van der Waals surface area contributed by atoms with Crippen LogP contribution < -0.4 is 10.9 Å². The fourth-order valence-corrected chi connectivity index (χ4v) is 4.07. The lowest BCUT2D eigenvalue weighted by Crippen LogP contribution is -2.28. The first-order valence-corrected chi connectivity index (χ1v) is 10.8. The molecule has 8 heteroatoms. The average Bonchev–Trinajstić information content (AvgIpc) is 2.75. The maximum atomic E-state index is 13.0. The number of benzene rings is 2. The van der Waals surface area contributed by atoms with Gasteiger partial charge in [0.2, 0.25) is 5.91 Å². The van der Waals surface area contributed by atoms with Crippen molar-refractivity contribution in [2.45, 2.75) is 44.1 Å². The van der Waals surface area contributed by atoms with Crippen molar-refractivity contribution in [2.24, 2.45) is 0 Å². The van der Waals surface area contributed by atoms with Crippen molar-refractivity contribution in [1.82, 2.24) is 9.55 Å². The number of amides is 1. The van der Waals surface area contributed by atoms with E-state index < -0.39 is 11.2 Å². The minimum absolute atomic E-state index is 0.0348. The molecule has 1 atom stereocenters. The molecule has 31 heavy (non-hydrogen) atoms. The van der Waals surface area contributed by atoms with E-state index in [0.29, 0.717) is 16.1 Å². The number of rotatable bonds is 7. The molecule has 0 aliphatic carbocycles. The van der Waals surface area contributed by atoms with Gasteiger partial charge in [0.05, 0.1) is 29.7 Å². The van der Waals surface area contributed by atoms with Gasteiger partial charge in [0.15, 0.2) is 5.16 Å². The molecule has 0 aliphatic heterocycles. The Morgan fingerprint density at radius 1 is 1.19 bits per heavy atom. The Morgan fingerprint density at radius 3 is 2.65 bits per heavy atom. The van der Waals surface area contributed by atoms with Gasteiger partial charge in [0.25, 0.3) is 5.56 Å². The second-order valence-electron chi connectivity index (χ2n) is 7.26. The van der Waals surface area contributed by atoms with Crippen LogP contribution in [0.25, 0.3) is 10.9 Å². The third kappa shape index (κ3) is 5.32. The third-order valence-corrected chi connectivity index (χ3v) is 5.98. The molecule has 3 aromatic rings. The molecule has 1 N–H and O–H groups in total. The van der Waals surface area contributed by atoms with E-state index in [4.69, 9.17) is 4.74 Å². The minimum atomic E-state index is -0.516. The number of methoxy groups -OCH3 is 1. The van der Waals surface area contributed by atoms with Crippen molar-refractivity contribution in [1.29, 1.82) is 0 Å². The van der Waals surface area contributed by atoms with Gasteiger partial charge in [-0.3, -0.25) is 19.0 Å². The summed E-state index contributed by atoms with van der Waals surface area (Å²) in [7, 11) is 1.30. The number of esters is 1. The van der Waals surface area contributed by atoms with E-state index in [2.05, 4.69) is 10.3 Å². The van der Waals surface area contributed by atoms with Crippen LogP contribution in [0.2, 0.25) is 0 Å². The maximum Gasteiger partial charge on any atom is 0.307 e. The van der Waals surface area contributed by atoms with Gasteiger partial charge in [-0.25, -0.2) is 4.98 Å². The lowest BCUT2D eigenvalue weighted by molar-refractivity contribution is -0.140. The lowest BCUT2D eigenvalue weighted by Gasteiger charge is -2.17. The molecule has 1 amide bonds. The number of nitrogens with zero attached hydrogens (tertiary/aromatic N) is 2. The Kier molecular flexibility index (Phi) is 7.12. The number of hydrogen-bond donors (Lipinski definition) is 1. The van der Waals surface area contributed by atoms with Gasteiger partial charge in [-0.15, -0.1) is 0 Å². The Morgan fingerprint density at radius 2 is 1.94 bits per heavy atom. The highest BCUT2D eigenvalue weighted by atomic mass is 32.2. The van der Waals surface area contributed by atoms with Crippen LogP contribution in [0.15, 0.2) is 52.4 Å². The second-order valence-corrected chi connectivity index (χ2v) is 8.57.